The molecule has 1 saturated heterocycles. The van der Waals surface area contributed by atoms with Crippen LogP contribution >= 0.6 is 0 Å². The van der Waals surface area contributed by atoms with Crippen molar-refractivity contribution in [3.8, 4) is 0 Å². The molecule has 1 heterocycles. The normalized spacial score (nSPS) is 20.2. The maximum atomic E-state index is 11.1. The molecule has 0 spiro atoms. The maximum absolute atomic E-state index is 11.1. The van der Waals surface area contributed by atoms with E-state index in [0.717, 1.165) is 19.5 Å². The van der Waals surface area contributed by atoms with Crippen molar-refractivity contribution in [3.63, 3.8) is 0 Å². The average Bonchev–Trinajstić information content (AvgIpc) is 2.69. The Morgan fingerprint density at radius 2 is 2.29 bits per heavy atom. The molecule has 1 aliphatic heterocycles. The lowest BCUT2D eigenvalue weighted by Crippen LogP contribution is -2.37. The molecule has 5 heteroatoms. The molecule has 1 aliphatic rings. The minimum absolute atomic E-state index is 0.301. The molecule has 0 bridgehead atoms. The number of nitrogens with zero attached hydrogens (tertiary/aromatic N) is 1. The van der Waals surface area contributed by atoms with Crippen LogP contribution in [-0.2, 0) is 14.3 Å². The van der Waals surface area contributed by atoms with Crippen LogP contribution < -0.4 is 5.32 Å². The second-order valence-corrected chi connectivity index (χ2v) is 4.71. The van der Waals surface area contributed by atoms with Crippen molar-refractivity contribution in [2.24, 2.45) is 0 Å². The highest BCUT2D eigenvalue weighted by atomic mass is 16.5. The van der Waals surface area contributed by atoms with E-state index in [4.69, 9.17) is 4.74 Å². The Morgan fingerprint density at radius 3 is 2.82 bits per heavy atom. The number of carbonyl (C=O) groups is 2. The molecule has 0 aliphatic carbocycles. The van der Waals surface area contributed by atoms with Gasteiger partial charge in [-0.2, -0.15) is 0 Å². The van der Waals surface area contributed by atoms with E-state index in [0.29, 0.717) is 43.9 Å². The lowest BCUT2D eigenvalue weighted by atomic mass is 10.1. The van der Waals surface area contributed by atoms with Crippen molar-refractivity contribution in [2.45, 2.75) is 38.8 Å². The summed E-state index contributed by atoms with van der Waals surface area (Å²) in [5.41, 5.74) is 0. The predicted octanol–water partition coefficient (Wildman–Crippen LogP) is 0.191. The summed E-state index contributed by atoms with van der Waals surface area (Å²) in [6.07, 6.45) is 1.61. The zero-order valence-corrected chi connectivity index (χ0v) is 10.6. The van der Waals surface area contributed by atoms with Gasteiger partial charge in [-0.25, -0.2) is 0 Å². The molecule has 1 fully saturated rings. The number of Topliss-reactive ketones (excluding diaryl/α,β-unsaturated/α-hetero) is 1. The second-order valence-electron chi connectivity index (χ2n) is 4.71. The molecular weight excluding hydrogens is 220 g/mol. The summed E-state index contributed by atoms with van der Waals surface area (Å²) in [5, 5.41) is 3.20. The van der Waals surface area contributed by atoms with E-state index in [1.807, 2.05) is 0 Å². The van der Waals surface area contributed by atoms with Gasteiger partial charge in [0, 0.05) is 31.6 Å². The van der Waals surface area contributed by atoms with Crippen LogP contribution in [0.4, 0.5) is 0 Å². The van der Waals surface area contributed by atoms with Crippen molar-refractivity contribution in [1.82, 2.24) is 10.2 Å². The fraction of sp³-hybridized carbons (Fsp3) is 0.833. The van der Waals surface area contributed by atoms with Crippen LogP contribution in [0.15, 0.2) is 0 Å². The van der Waals surface area contributed by atoms with Crippen molar-refractivity contribution >= 4 is 12.3 Å². The molecule has 0 aromatic heterocycles. The molecule has 0 aromatic carbocycles. The topological polar surface area (TPSA) is 58.6 Å². The van der Waals surface area contributed by atoms with Crippen molar-refractivity contribution in [3.05, 3.63) is 0 Å². The summed E-state index contributed by atoms with van der Waals surface area (Å²) in [7, 11) is 0. The van der Waals surface area contributed by atoms with Crippen LogP contribution in [0.3, 0.4) is 0 Å². The van der Waals surface area contributed by atoms with Crippen LogP contribution in [0.2, 0.25) is 0 Å². The molecule has 5 nitrogen and oxygen atoms in total. The van der Waals surface area contributed by atoms with Gasteiger partial charge < -0.3 is 10.1 Å². The number of hydrogen-bond acceptors (Lipinski definition) is 5. The van der Waals surface area contributed by atoms with Gasteiger partial charge in [-0.1, -0.05) is 0 Å². The van der Waals surface area contributed by atoms with Crippen LogP contribution in [-0.4, -0.2) is 55.5 Å². The highest BCUT2D eigenvalue weighted by molar-refractivity contribution is 5.83. The molecule has 0 radical (unpaired) electrons. The summed E-state index contributed by atoms with van der Waals surface area (Å²) in [4.78, 5) is 23.4. The SMILES string of the molecule is CC(C)N(CCOC=O)CCC1CC(=O)CN1. The molecule has 1 atom stereocenters. The zero-order valence-electron chi connectivity index (χ0n) is 10.6. The number of carbonyl (C=O) groups excluding carboxylic acids is 2. The molecular formula is C12H22N2O3. The first-order chi connectivity index (χ1) is 8.13. The number of ether oxygens (including phenoxy) is 1. The highest BCUT2D eigenvalue weighted by Gasteiger charge is 2.22. The standard InChI is InChI=1S/C12H22N2O3/c1-10(2)14(5-6-17-9-15)4-3-11-7-12(16)8-13-11/h9-11,13H,3-8H2,1-2H3. The van der Waals surface area contributed by atoms with Gasteiger partial charge in [0.1, 0.15) is 12.4 Å². The molecule has 1 N–H and O–H groups in total. The van der Waals surface area contributed by atoms with Gasteiger partial charge in [-0.3, -0.25) is 14.5 Å². The second kappa shape index (κ2) is 7.40. The van der Waals surface area contributed by atoms with Crippen molar-refractivity contribution in [2.75, 3.05) is 26.2 Å². The fourth-order valence-corrected chi connectivity index (χ4v) is 2.05. The minimum atomic E-state index is 0.301. The van der Waals surface area contributed by atoms with E-state index in [2.05, 4.69) is 24.1 Å². The minimum Gasteiger partial charge on any atom is -0.467 e. The first-order valence-corrected chi connectivity index (χ1v) is 6.18. The number of hydrogen-bond donors (Lipinski definition) is 1. The summed E-state index contributed by atoms with van der Waals surface area (Å²) in [6, 6.07) is 0.734. The third-order valence-electron chi connectivity index (χ3n) is 3.12. The summed E-state index contributed by atoms with van der Waals surface area (Å²) in [6.45, 7) is 7.33. The van der Waals surface area contributed by atoms with Crippen LogP contribution in [0.25, 0.3) is 0 Å². The highest BCUT2D eigenvalue weighted by Crippen LogP contribution is 2.08. The van der Waals surface area contributed by atoms with Crippen LogP contribution in [0.1, 0.15) is 26.7 Å². The van der Waals surface area contributed by atoms with Crippen molar-refractivity contribution < 1.29 is 14.3 Å². The van der Waals surface area contributed by atoms with Gasteiger partial charge >= 0.3 is 0 Å². The summed E-state index contributed by atoms with van der Waals surface area (Å²) in [5.74, 6) is 0.301. The van der Waals surface area contributed by atoms with E-state index in [9.17, 15) is 9.59 Å². The molecule has 98 valence electrons. The Kier molecular flexibility index (Phi) is 6.15. The maximum Gasteiger partial charge on any atom is 0.293 e. The largest absolute Gasteiger partial charge is 0.467 e. The first-order valence-electron chi connectivity index (χ1n) is 6.18. The van der Waals surface area contributed by atoms with E-state index >= 15 is 0 Å². The molecule has 1 unspecified atom stereocenters. The van der Waals surface area contributed by atoms with Gasteiger partial charge in [-0.15, -0.1) is 0 Å². The van der Waals surface area contributed by atoms with Gasteiger partial charge in [0.2, 0.25) is 0 Å². The number of nitrogens with one attached hydrogen (secondary N) is 1. The van der Waals surface area contributed by atoms with E-state index in [1.165, 1.54) is 0 Å². The van der Waals surface area contributed by atoms with Crippen LogP contribution in [0, 0.1) is 0 Å². The molecule has 0 saturated carbocycles. The zero-order chi connectivity index (χ0) is 12.7. The predicted molar refractivity (Wildman–Crippen MR) is 64.8 cm³/mol. The summed E-state index contributed by atoms with van der Waals surface area (Å²) < 4.78 is 4.71. The molecule has 0 aromatic rings. The first kappa shape index (κ1) is 14.1. The lowest BCUT2D eigenvalue weighted by molar-refractivity contribution is -0.129. The van der Waals surface area contributed by atoms with Gasteiger partial charge in [-0.05, 0) is 20.3 Å². The Labute approximate surface area is 102 Å². The molecule has 17 heavy (non-hydrogen) atoms. The van der Waals surface area contributed by atoms with Gasteiger partial charge in [0.15, 0.2) is 0 Å². The quantitative estimate of drug-likeness (QED) is 0.486. The van der Waals surface area contributed by atoms with Gasteiger partial charge in [0.25, 0.3) is 6.47 Å². The lowest BCUT2D eigenvalue weighted by Gasteiger charge is -2.27. The average molecular weight is 242 g/mol. The Hall–Kier alpha value is -0.940. The summed E-state index contributed by atoms with van der Waals surface area (Å²) >= 11 is 0. The Morgan fingerprint density at radius 1 is 1.53 bits per heavy atom. The third kappa shape index (κ3) is 5.28. The Balaban J connectivity index is 2.23. The molecule has 0 amide bonds. The smallest absolute Gasteiger partial charge is 0.293 e. The molecule has 1 rings (SSSR count). The number of rotatable bonds is 8. The van der Waals surface area contributed by atoms with Crippen molar-refractivity contribution in [1.29, 1.82) is 0 Å². The third-order valence-corrected chi connectivity index (χ3v) is 3.12. The monoisotopic (exact) mass is 242 g/mol. The van der Waals surface area contributed by atoms with E-state index < -0.39 is 0 Å². The number of ketones is 1. The van der Waals surface area contributed by atoms with Gasteiger partial charge in [0.05, 0.1) is 6.54 Å². The Bertz CT molecular complexity index is 256. The fourth-order valence-electron chi connectivity index (χ4n) is 2.05. The van der Waals surface area contributed by atoms with Crippen LogP contribution in [0.5, 0.6) is 0 Å². The van der Waals surface area contributed by atoms with E-state index in [1.54, 1.807) is 0 Å². The van der Waals surface area contributed by atoms with E-state index in [-0.39, 0.29) is 0 Å².